The van der Waals surface area contributed by atoms with Gasteiger partial charge in [-0.05, 0) is 28.1 Å². The number of hydrogen-bond donors (Lipinski definition) is 0. The molecule has 0 N–H and O–H groups in total. The first-order valence-electron chi connectivity index (χ1n) is 5.33. The van der Waals surface area contributed by atoms with E-state index in [1.54, 1.807) is 24.4 Å². The van der Waals surface area contributed by atoms with Crippen molar-refractivity contribution in [2.75, 3.05) is 11.9 Å². The van der Waals surface area contributed by atoms with Crippen LogP contribution >= 0.6 is 27.5 Å². The molecule has 1 heterocycles. The van der Waals surface area contributed by atoms with Crippen LogP contribution in [0.15, 0.2) is 41.0 Å². The van der Waals surface area contributed by atoms with Crippen LogP contribution in [0, 0.1) is 5.82 Å². The summed E-state index contributed by atoms with van der Waals surface area (Å²) in [6.45, 7) is 0.418. The van der Waals surface area contributed by atoms with Gasteiger partial charge in [0, 0.05) is 29.8 Å². The summed E-state index contributed by atoms with van der Waals surface area (Å²) in [5.41, 5.74) is 0.612. The van der Waals surface area contributed by atoms with E-state index in [9.17, 15) is 4.39 Å². The summed E-state index contributed by atoms with van der Waals surface area (Å²) >= 11 is 9.40. The molecule has 5 heteroatoms. The van der Waals surface area contributed by atoms with Gasteiger partial charge in [0.05, 0.1) is 5.02 Å². The van der Waals surface area contributed by atoms with E-state index in [0.29, 0.717) is 22.9 Å². The second kappa shape index (κ2) is 5.67. The second-order valence-corrected chi connectivity index (χ2v) is 5.23. The molecule has 0 aliphatic carbocycles. The monoisotopic (exact) mass is 328 g/mol. The smallest absolute Gasteiger partial charge is 0.147 e. The number of halogens is 3. The molecule has 0 fully saturated rings. The van der Waals surface area contributed by atoms with Crippen LogP contribution in [0.2, 0.25) is 5.02 Å². The maximum atomic E-state index is 13.5. The van der Waals surface area contributed by atoms with Crippen molar-refractivity contribution in [3.63, 3.8) is 0 Å². The standard InChI is InChI=1S/C13H11BrClFN2/c1-18(8-9-4-2-3-5-12(9)16)13-11(15)6-10(14)7-17-13/h2-7H,8H2,1H3. The molecule has 0 unspecified atom stereocenters. The molecule has 1 aromatic carbocycles. The average Bonchev–Trinajstić information content (AvgIpc) is 2.32. The summed E-state index contributed by atoms with van der Waals surface area (Å²) in [5.74, 6) is 0.403. The zero-order chi connectivity index (χ0) is 13.1. The Bertz CT molecular complexity index is 562. The van der Waals surface area contributed by atoms with Gasteiger partial charge in [-0.3, -0.25) is 0 Å². The van der Waals surface area contributed by atoms with Crippen LogP contribution in [-0.4, -0.2) is 12.0 Å². The van der Waals surface area contributed by atoms with Crippen molar-refractivity contribution in [2.45, 2.75) is 6.54 Å². The molecule has 2 rings (SSSR count). The van der Waals surface area contributed by atoms with E-state index < -0.39 is 0 Å². The van der Waals surface area contributed by atoms with Gasteiger partial charge in [-0.1, -0.05) is 29.8 Å². The van der Waals surface area contributed by atoms with Gasteiger partial charge in [-0.15, -0.1) is 0 Å². The largest absolute Gasteiger partial charge is 0.354 e. The first kappa shape index (κ1) is 13.3. The molecule has 1 aromatic heterocycles. The highest BCUT2D eigenvalue weighted by Crippen LogP contribution is 2.26. The molecule has 0 aliphatic rings. The average molecular weight is 330 g/mol. The number of pyridine rings is 1. The minimum absolute atomic E-state index is 0.224. The lowest BCUT2D eigenvalue weighted by atomic mass is 10.2. The van der Waals surface area contributed by atoms with E-state index >= 15 is 0 Å². The Labute approximate surface area is 119 Å². The quantitative estimate of drug-likeness (QED) is 0.836. The third-order valence-electron chi connectivity index (χ3n) is 2.52. The number of rotatable bonds is 3. The molecule has 18 heavy (non-hydrogen) atoms. The van der Waals surface area contributed by atoms with Gasteiger partial charge in [0.1, 0.15) is 11.6 Å². The number of anilines is 1. The van der Waals surface area contributed by atoms with Crippen molar-refractivity contribution in [3.05, 3.63) is 57.4 Å². The van der Waals surface area contributed by atoms with Crippen molar-refractivity contribution in [3.8, 4) is 0 Å². The Morgan fingerprint density at radius 3 is 2.78 bits per heavy atom. The van der Waals surface area contributed by atoms with Gasteiger partial charge in [0.2, 0.25) is 0 Å². The van der Waals surface area contributed by atoms with Crippen molar-refractivity contribution in [2.24, 2.45) is 0 Å². The molecule has 0 aliphatic heterocycles. The Morgan fingerprint density at radius 1 is 1.39 bits per heavy atom. The minimum Gasteiger partial charge on any atom is -0.354 e. The molecule has 0 saturated heterocycles. The van der Waals surface area contributed by atoms with Crippen molar-refractivity contribution >= 4 is 33.3 Å². The predicted molar refractivity (Wildman–Crippen MR) is 75.5 cm³/mol. The van der Waals surface area contributed by atoms with Gasteiger partial charge < -0.3 is 4.90 Å². The maximum Gasteiger partial charge on any atom is 0.147 e. The molecular weight excluding hydrogens is 319 g/mol. The molecule has 0 amide bonds. The second-order valence-electron chi connectivity index (χ2n) is 3.91. The van der Waals surface area contributed by atoms with Gasteiger partial charge in [-0.2, -0.15) is 0 Å². The SMILES string of the molecule is CN(Cc1ccccc1F)c1ncc(Br)cc1Cl. The van der Waals surface area contributed by atoms with E-state index in [1.807, 2.05) is 18.0 Å². The third kappa shape index (κ3) is 3.00. The Morgan fingerprint density at radius 2 is 2.11 bits per heavy atom. The number of aromatic nitrogens is 1. The molecular formula is C13H11BrClFN2. The van der Waals surface area contributed by atoms with E-state index in [2.05, 4.69) is 20.9 Å². The van der Waals surface area contributed by atoms with Crippen molar-refractivity contribution in [1.82, 2.24) is 4.98 Å². The summed E-state index contributed by atoms with van der Waals surface area (Å²) in [4.78, 5) is 6.04. The van der Waals surface area contributed by atoms with Crippen LogP contribution in [0.4, 0.5) is 10.2 Å². The summed E-state index contributed by atoms with van der Waals surface area (Å²) in [5, 5.41) is 0.531. The minimum atomic E-state index is -0.224. The van der Waals surface area contributed by atoms with E-state index in [0.717, 1.165) is 4.47 Å². The van der Waals surface area contributed by atoms with Crippen LogP contribution in [0.1, 0.15) is 5.56 Å². The van der Waals surface area contributed by atoms with Crippen molar-refractivity contribution < 1.29 is 4.39 Å². The highest BCUT2D eigenvalue weighted by Gasteiger charge is 2.10. The first-order chi connectivity index (χ1) is 8.58. The lowest BCUT2D eigenvalue weighted by Gasteiger charge is -2.19. The summed E-state index contributed by atoms with van der Waals surface area (Å²) < 4.78 is 14.4. The zero-order valence-corrected chi connectivity index (χ0v) is 12.0. The lowest BCUT2D eigenvalue weighted by Crippen LogP contribution is -2.18. The zero-order valence-electron chi connectivity index (χ0n) is 9.70. The molecule has 0 atom stereocenters. The van der Waals surface area contributed by atoms with Crippen LogP contribution in [0.3, 0.4) is 0 Å². The van der Waals surface area contributed by atoms with Crippen LogP contribution < -0.4 is 4.90 Å². The molecule has 0 spiro atoms. The molecule has 0 bridgehead atoms. The molecule has 94 valence electrons. The van der Waals surface area contributed by atoms with Gasteiger partial charge in [-0.25, -0.2) is 9.37 Å². The highest BCUT2D eigenvalue weighted by molar-refractivity contribution is 9.10. The number of hydrogen-bond acceptors (Lipinski definition) is 2. The summed E-state index contributed by atoms with van der Waals surface area (Å²) in [6, 6.07) is 8.44. The summed E-state index contributed by atoms with van der Waals surface area (Å²) in [7, 11) is 1.83. The normalized spacial score (nSPS) is 10.4. The number of nitrogens with zero attached hydrogens (tertiary/aromatic N) is 2. The predicted octanol–water partition coefficient (Wildman–Crippen LogP) is 4.27. The fourth-order valence-corrected chi connectivity index (χ4v) is 2.42. The molecule has 2 aromatic rings. The lowest BCUT2D eigenvalue weighted by molar-refractivity contribution is 0.607. The fraction of sp³-hybridized carbons (Fsp3) is 0.154. The van der Waals surface area contributed by atoms with Crippen molar-refractivity contribution in [1.29, 1.82) is 0 Å². The van der Waals surface area contributed by atoms with Crippen LogP contribution in [0.25, 0.3) is 0 Å². The molecule has 0 radical (unpaired) electrons. The summed E-state index contributed by atoms with van der Waals surface area (Å²) in [6.07, 6.45) is 1.67. The third-order valence-corrected chi connectivity index (χ3v) is 3.23. The first-order valence-corrected chi connectivity index (χ1v) is 6.50. The highest BCUT2D eigenvalue weighted by atomic mass is 79.9. The van der Waals surface area contributed by atoms with Crippen LogP contribution in [0.5, 0.6) is 0 Å². The topological polar surface area (TPSA) is 16.1 Å². The molecule has 0 saturated carbocycles. The van der Waals surface area contributed by atoms with Crippen LogP contribution in [-0.2, 0) is 6.54 Å². The Balaban J connectivity index is 2.22. The fourth-order valence-electron chi connectivity index (χ4n) is 1.65. The molecule has 2 nitrogen and oxygen atoms in total. The van der Waals surface area contributed by atoms with E-state index in [4.69, 9.17) is 11.6 Å². The maximum absolute atomic E-state index is 13.5. The van der Waals surface area contributed by atoms with E-state index in [1.165, 1.54) is 6.07 Å². The van der Waals surface area contributed by atoms with Gasteiger partial charge >= 0.3 is 0 Å². The van der Waals surface area contributed by atoms with Gasteiger partial charge in [0.15, 0.2) is 0 Å². The Kier molecular flexibility index (Phi) is 4.19. The Hall–Kier alpha value is -1.13. The van der Waals surface area contributed by atoms with Gasteiger partial charge in [0.25, 0.3) is 0 Å². The van der Waals surface area contributed by atoms with E-state index in [-0.39, 0.29) is 5.82 Å². The number of benzene rings is 1.